The van der Waals surface area contributed by atoms with Crippen LogP contribution in [0.3, 0.4) is 0 Å². The first kappa shape index (κ1) is 16.4. The van der Waals surface area contributed by atoms with Gasteiger partial charge in [-0.15, -0.1) is 0 Å². The zero-order valence-electron chi connectivity index (χ0n) is 10.3. The van der Waals surface area contributed by atoms with E-state index in [1.165, 1.54) is 4.90 Å². The molecule has 0 radical (unpaired) electrons. The highest BCUT2D eigenvalue weighted by molar-refractivity contribution is 9.10. The number of carbonyl (C=O) groups excluding carboxylic acids is 1. The second-order valence-corrected chi connectivity index (χ2v) is 7.26. The third-order valence-corrected chi connectivity index (χ3v) is 4.82. The van der Waals surface area contributed by atoms with Crippen LogP contribution in [0.2, 0.25) is 0 Å². The van der Waals surface area contributed by atoms with Gasteiger partial charge < -0.3 is 4.90 Å². The summed E-state index contributed by atoms with van der Waals surface area (Å²) >= 11 is 2.80. The number of amides is 1. The Kier molecular flexibility index (Phi) is 5.34. The lowest BCUT2D eigenvalue weighted by Crippen LogP contribution is -2.27. The van der Waals surface area contributed by atoms with E-state index in [0.717, 1.165) is 18.6 Å². The highest BCUT2D eigenvalue weighted by Crippen LogP contribution is 2.29. The molecule has 0 bridgehead atoms. The molecule has 19 heavy (non-hydrogen) atoms. The number of nitrogens with zero attached hydrogens (tertiary/aromatic N) is 1. The first-order chi connectivity index (χ1) is 8.68. The van der Waals surface area contributed by atoms with Crippen molar-refractivity contribution < 1.29 is 17.6 Å². The van der Waals surface area contributed by atoms with E-state index in [2.05, 4.69) is 15.9 Å². The molecule has 106 valence electrons. The van der Waals surface area contributed by atoms with Crippen molar-refractivity contribution in [2.75, 3.05) is 13.6 Å². The van der Waals surface area contributed by atoms with E-state index in [1.54, 1.807) is 7.05 Å². The molecule has 1 aromatic rings. The molecule has 0 aliphatic carbocycles. The van der Waals surface area contributed by atoms with Crippen LogP contribution in [0.1, 0.15) is 23.7 Å². The van der Waals surface area contributed by atoms with Crippen molar-refractivity contribution in [1.82, 2.24) is 4.90 Å². The summed E-state index contributed by atoms with van der Waals surface area (Å²) in [5, 5.41) is 0. The van der Waals surface area contributed by atoms with E-state index in [9.17, 15) is 17.6 Å². The zero-order valence-corrected chi connectivity index (χ0v) is 13.4. The predicted octanol–water partition coefficient (Wildman–Crippen LogP) is 3.00. The SMILES string of the molecule is CCCN(C)C(=O)c1cc(F)c(Br)c(S(=O)(=O)Cl)c1. The van der Waals surface area contributed by atoms with Crippen LogP contribution in [0.5, 0.6) is 0 Å². The van der Waals surface area contributed by atoms with E-state index >= 15 is 0 Å². The molecule has 0 heterocycles. The fourth-order valence-corrected chi connectivity index (χ4v) is 3.61. The summed E-state index contributed by atoms with van der Waals surface area (Å²) < 4.78 is 36.0. The Morgan fingerprint density at radius 2 is 2.05 bits per heavy atom. The molecule has 0 unspecified atom stereocenters. The Balaban J connectivity index is 3.33. The van der Waals surface area contributed by atoms with Crippen LogP contribution in [0, 0.1) is 5.82 Å². The van der Waals surface area contributed by atoms with Crippen LogP contribution in [0.15, 0.2) is 21.5 Å². The van der Waals surface area contributed by atoms with Crippen LogP contribution >= 0.6 is 26.6 Å². The maximum atomic E-state index is 13.6. The van der Waals surface area contributed by atoms with Gasteiger partial charge in [-0.3, -0.25) is 4.79 Å². The van der Waals surface area contributed by atoms with Crippen LogP contribution < -0.4 is 0 Å². The van der Waals surface area contributed by atoms with Gasteiger partial charge in [-0.2, -0.15) is 0 Å². The molecular weight excluding hydrogens is 361 g/mol. The Hall–Kier alpha value is -0.660. The van der Waals surface area contributed by atoms with Gasteiger partial charge in [0.2, 0.25) is 0 Å². The van der Waals surface area contributed by atoms with Crippen molar-refractivity contribution in [3.05, 3.63) is 28.0 Å². The minimum Gasteiger partial charge on any atom is -0.342 e. The third-order valence-electron chi connectivity index (χ3n) is 2.41. The summed E-state index contributed by atoms with van der Waals surface area (Å²) in [5.41, 5.74) is -0.0594. The van der Waals surface area contributed by atoms with Gasteiger partial charge in [0.15, 0.2) is 0 Å². The van der Waals surface area contributed by atoms with Crippen LogP contribution in [-0.2, 0) is 9.05 Å². The molecule has 1 amide bonds. The standard InChI is InChI=1S/C11H12BrClFNO3S/c1-3-4-15(2)11(16)7-5-8(14)10(12)9(6-7)19(13,17)18/h5-6H,3-4H2,1-2H3. The topological polar surface area (TPSA) is 54.5 Å². The lowest BCUT2D eigenvalue weighted by Gasteiger charge is -2.16. The van der Waals surface area contributed by atoms with Crippen molar-refractivity contribution >= 4 is 41.6 Å². The Labute approximate surface area is 124 Å². The van der Waals surface area contributed by atoms with Crippen LogP contribution in [0.25, 0.3) is 0 Å². The van der Waals surface area contributed by atoms with E-state index in [-0.39, 0.29) is 10.0 Å². The lowest BCUT2D eigenvalue weighted by atomic mass is 10.2. The lowest BCUT2D eigenvalue weighted by molar-refractivity contribution is 0.0794. The molecule has 0 saturated heterocycles. The van der Waals surface area contributed by atoms with Gasteiger partial charge in [0.1, 0.15) is 10.7 Å². The van der Waals surface area contributed by atoms with Gasteiger partial charge in [-0.1, -0.05) is 6.92 Å². The number of hydrogen-bond acceptors (Lipinski definition) is 3. The quantitative estimate of drug-likeness (QED) is 0.764. The van der Waals surface area contributed by atoms with E-state index in [0.29, 0.717) is 6.54 Å². The van der Waals surface area contributed by atoms with Crippen molar-refractivity contribution in [2.45, 2.75) is 18.2 Å². The minimum atomic E-state index is -4.14. The molecule has 0 aliphatic rings. The van der Waals surface area contributed by atoms with E-state index < -0.39 is 25.7 Å². The van der Waals surface area contributed by atoms with Gasteiger partial charge in [0.25, 0.3) is 15.0 Å². The highest BCUT2D eigenvalue weighted by Gasteiger charge is 2.22. The Bertz CT molecular complexity index is 606. The van der Waals surface area contributed by atoms with Crippen molar-refractivity contribution in [2.24, 2.45) is 0 Å². The normalized spacial score (nSPS) is 11.4. The fourth-order valence-electron chi connectivity index (χ4n) is 1.52. The van der Waals surface area contributed by atoms with Crippen molar-refractivity contribution in [3.63, 3.8) is 0 Å². The molecule has 0 aromatic heterocycles. The molecule has 0 aliphatic heterocycles. The summed E-state index contributed by atoms with van der Waals surface area (Å²) in [5.74, 6) is -1.32. The second kappa shape index (κ2) is 6.19. The van der Waals surface area contributed by atoms with E-state index in [4.69, 9.17) is 10.7 Å². The van der Waals surface area contributed by atoms with Gasteiger partial charge in [0.05, 0.1) is 4.47 Å². The van der Waals surface area contributed by atoms with E-state index in [1.807, 2.05) is 6.92 Å². The third kappa shape index (κ3) is 3.90. The van der Waals surface area contributed by atoms with Crippen LogP contribution in [0.4, 0.5) is 4.39 Å². The molecular formula is C11H12BrClFNO3S. The van der Waals surface area contributed by atoms with Crippen molar-refractivity contribution in [3.8, 4) is 0 Å². The summed E-state index contributed by atoms with van der Waals surface area (Å²) in [4.78, 5) is 12.9. The van der Waals surface area contributed by atoms with Crippen molar-refractivity contribution in [1.29, 1.82) is 0 Å². The minimum absolute atomic E-state index is 0.0594. The number of carbonyl (C=O) groups is 1. The number of halogens is 3. The first-order valence-corrected chi connectivity index (χ1v) is 8.48. The monoisotopic (exact) mass is 371 g/mol. The molecule has 0 saturated carbocycles. The summed E-state index contributed by atoms with van der Waals surface area (Å²) in [6.07, 6.45) is 0.738. The maximum Gasteiger partial charge on any atom is 0.262 e. The predicted molar refractivity (Wildman–Crippen MR) is 74.4 cm³/mol. The summed E-state index contributed by atoms with van der Waals surface area (Å²) in [6, 6.07) is 2.04. The Morgan fingerprint density at radius 3 is 2.53 bits per heavy atom. The first-order valence-electron chi connectivity index (χ1n) is 5.37. The zero-order chi connectivity index (χ0) is 14.8. The van der Waals surface area contributed by atoms with Gasteiger partial charge in [-0.05, 0) is 34.5 Å². The molecule has 8 heteroatoms. The fraction of sp³-hybridized carbons (Fsp3) is 0.364. The van der Waals surface area contributed by atoms with Gasteiger partial charge in [0, 0.05) is 29.8 Å². The average Bonchev–Trinajstić information content (AvgIpc) is 2.30. The van der Waals surface area contributed by atoms with Gasteiger partial charge in [-0.25, -0.2) is 12.8 Å². The number of rotatable bonds is 4. The summed E-state index contributed by atoms with van der Waals surface area (Å²) in [6.45, 7) is 2.38. The molecule has 0 spiro atoms. The second-order valence-electron chi connectivity index (χ2n) is 3.93. The molecule has 0 N–H and O–H groups in total. The van der Waals surface area contributed by atoms with Gasteiger partial charge >= 0.3 is 0 Å². The maximum absolute atomic E-state index is 13.6. The molecule has 0 atom stereocenters. The van der Waals surface area contributed by atoms with Crippen LogP contribution in [-0.4, -0.2) is 32.8 Å². The summed E-state index contributed by atoms with van der Waals surface area (Å²) in [7, 11) is 2.62. The smallest absolute Gasteiger partial charge is 0.262 e. The molecule has 0 fully saturated rings. The number of hydrogen-bond donors (Lipinski definition) is 0. The number of benzene rings is 1. The largest absolute Gasteiger partial charge is 0.342 e. The Morgan fingerprint density at radius 1 is 1.47 bits per heavy atom. The molecule has 4 nitrogen and oxygen atoms in total. The average molecular weight is 373 g/mol. The molecule has 1 rings (SSSR count). The molecule has 1 aromatic carbocycles. The highest BCUT2D eigenvalue weighted by atomic mass is 79.9.